The number of amides is 1. The van der Waals surface area contributed by atoms with Gasteiger partial charge in [-0.3, -0.25) is 9.59 Å². The molecule has 1 heterocycles. The van der Waals surface area contributed by atoms with Gasteiger partial charge in [-0.25, -0.2) is 0 Å². The van der Waals surface area contributed by atoms with E-state index in [-0.39, 0.29) is 6.42 Å². The summed E-state index contributed by atoms with van der Waals surface area (Å²) in [7, 11) is 0. The highest BCUT2D eigenvalue weighted by atomic mass is 32.1. The fourth-order valence-electron chi connectivity index (χ4n) is 1.23. The first-order chi connectivity index (χ1) is 6.65. The molecule has 5 heteroatoms. The number of carboxylic acids is 1. The van der Waals surface area contributed by atoms with Crippen LogP contribution in [0.15, 0.2) is 11.4 Å². The number of hydrogen-bond acceptors (Lipinski definition) is 3. The third-order valence-corrected chi connectivity index (χ3v) is 3.00. The van der Waals surface area contributed by atoms with E-state index in [9.17, 15) is 9.59 Å². The van der Waals surface area contributed by atoms with Gasteiger partial charge in [-0.15, -0.1) is 11.3 Å². The van der Waals surface area contributed by atoms with Gasteiger partial charge in [0.25, 0.3) is 0 Å². The summed E-state index contributed by atoms with van der Waals surface area (Å²) in [4.78, 5) is 21.7. The molecule has 0 radical (unpaired) electrons. The zero-order valence-electron chi connectivity index (χ0n) is 7.69. The summed E-state index contributed by atoms with van der Waals surface area (Å²) in [5, 5.41) is 13.0. The Morgan fingerprint density at radius 1 is 1.79 bits per heavy atom. The molecule has 0 aromatic carbocycles. The molecule has 2 N–H and O–H groups in total. The minimum absolute atomic E-state index is 0.0832. The van der Waals surface area contributed by atoms with Crippen molar-refractivity contribution in [3.8, 4) is 0 Å². The first-order valence-corrected chi connectivity index (χ1v) is 4.98. The molecule has 0 bridgehead atoms. The molecule has 0 aliphatic heterocycles. The summed E-state index contributed by atoms with van der Waals surface area (Å²) in [6, 6.07) is 1.49. The van der Waals surface area contributed by atoms with Crippen LogP contribution in [-0.2, 0) is 9.59 Å². The van der Waals surface area contributed by atoms with Crippen LogP contribution in [0.1, 0.15) is 22.9 Å². The highest BCUT2D eigenvalue weighted by Gasteiger charge is 2.17. The van der Waals surface area contributed by atoms with Crippen LogP contribution in [0, 0.1) is 6.92 Å². The fourth-order valence-corrected chi connectivity index (χ4v) is 2.21. The Morgan fingerprint density at radius 3 is 2.93 bits per heavy atom. The second-order valence-corrected chi connectivity index (χ2v) is 3.85. The molecule has 1 atom stereocenters. The number of nitrogens with one attached hydrogen (secondary N) is 1. The average Bonchev–Trinajstić information content (AvgIpc) is 2.50. The topological polar surface area (TPSA) is 66.4 Å². The third kappa shape index (κ3) is 2.56. The maximum absolute atomic E-state index is 10.5. The molecule has 0 unspecified atom stereocenters. The van der Waals surface area contributed by atoms with Crippen molar-refractivity contribution in [1.29, 1.82) is 0 Å². The number of hydrogen-bond donors (Lipinski definition) is 2. The zero-order valence-corrected chi connectivity index (χ0v) is 8.50. The molecule has 0 saturated heterocycles. The number of carbonyl (C=O) groups excluding carboxylic acids is 1. The van der Waals surface area contributed by atoms with Crippen molar-refractivity contribution in [3.63, 3.8) is 0 Å². The minimum Gasteiger partial charge on any atom is -0.481 e. The van der Waals surface area contributed by atoms with E-state index >= 15 is 0 Å². The molecule has 76 valence electrons. The number of carbonyl (C=O) groups is 2. The summed E-state index contributed by atoms with van der Waals surface area (Å²) >= 11 is 1.45. The van der Waals surface area contributed by atoms with Crippen molar-refractivity contribution in [2.45, 2.75) is 19.4 Å². The summed E-state index contributed by atoms with van der Waals surface area (Å²) in [6.07, 6.45) is 0.451. The molecule has 1 rings (SSSR count). The fraction of sp³-hybridized carbons (Fsp3) is 0.333. The van der Waals surface area contributed by atoms with E-state index in [1.165, 1.54) is 11.3 Å². The van der Waals surface area contributed by atoms with Crippen LogP contribution in [0.2, 0.25) is 0 Å². The lowest BCUT2D eigenvalue weighted by molar-refractivity contribution is -0.137. The van der Waals surface area contributed by atoms with Gasteiger partial charge in [0.2, 0.25) is 6.41 Å². The standard InChI is InChI=1S/C9H11NO3S/c1-6-2-3-14-9(6)7(10-5-11)4-8(12)13/h2-3,5,7H,4H2,1H3,(H,10,11)(H,12,13)/t7-/m0/s1. The SMILES string of the molecule is Cc1ccsc1[C@H](CC(=O)O)NC=O. The maximum Gasteiger partial charge on any atom is 0.305 e. The third-order valence-electron chi connectivity index (χ3n) is 1.87. The molecule has 14 heavy (non-hydrogen) atoms. The van der Waals surface area contributed by atoms with Crippen LogP contribution < -0.4 is 5.32 Å². The van der Waals surface area contributed by atoms with Crippen molar-refractivity contribution >= 4 is 23.7 Å². The van der Waals surface area contributed by atoms with Gasteiger partial charge < -0.3 is 10.4 Å². The zero-order chi connectivity index (χ0) is 10.6. The number of rotatable bonds is 5. The first-order valence-electron chi connectivity index (χ1n) is 4.10. The summed E-state index contributed by atoms with van der Waals surface area (Å²) in [6.45, 7) is 1.90. The van der Waals surface area contributed by atoms with Crippen molar-refractivity contribution in [3.05, 3.63) is 21.9 Å². The lowest BCUT2D eigenvalue weighted by Crippen LogP contribution is -2.22. The summed E-state index contributed by atoms with van der Waals surface area (Å²) in [5.41, 5.74) is 1.01. The van der Waals surface area contributed by atoms with Crippen molar-refractivity contribution < 1.29 is 14.7 Å². The van der Waals surface area contributed by atoms with E-state index in [0.717, 1.165) is 10.4 Å². The highest BCUT2D eigenvalue weighted by molar-refractivity contribution is 7.10. The molecule has 0 saturated carbocycles. The van der Waals surface area contributed by atoms with Crippen LogP contribution in [0.3, 0.4) is 0 Å². The second kappa shape index (κ2) is 4.76. The van der Waals surface area contributed by atoms with Gasteiger partial charge in [0.15, 0.2) is 0 Å². The Bertz CT molecular complexity index is 335. The number of carboxylic acid groups (broad SMARTS) is 1. The Balaban J connectivity index is 2.82. The van der Waals surface area contributed by atoms with Crippen LogP contribution in [0.5, 0.6) is 0 Å². The smallest absolute Gasteiger partial charge is 0.305 e. The Morgan fingerprint density at radius 2 is 2.50 bits per heavy atom. The van der Waals surface area contributed by atoms with Gasteiger partial charge in [-0.2, -0.15) is 0 Å². The highest BCUT2D eigenvalue weighted by Crippen LogP contribution is 2.25. The molecule has 0 aliphatic rings. The largest absolute Gasteiger partial charge is 0.481 e. The van der Waals surface area contributed by atoms with Gasteiger partial charge in [0.1, 0.15) is 0 Å². The normalized spacial score (nSPS) is 12.1. The predicted molar refractivity (Wildman–Crippen MR) is 53.2 cm³/mol. The molecular weight excluding hydrogens is 202 g/mol. The van der Waals surface area contributed by atoms with Gasteiger partial charge in [0.05, 0.1) is 12.5 Å². The van der Waals surface area contributed by atoms with Crippen LogP contribution in [-0.4, -0.2) is 17.5 Å². The van der Waals surface area contributed by atoms with E-state index in [1.54, 1.807) is 0 Å². The number of thiophene rings is 1. The molecule has 1 amide bonds. The molecule has 0 aliphatic carbocycles. The Kier molecular flexibility index (Phi) is 3.64. The van der Waals surface area contributed by atoms with E-state index in [2.05, 4.69) is 5.32 Å². The molecule has 1 aromatic rings. The van der Waals surface area contributed by atoms with Crippen molar-refractivity contribution in [2.24, 2.45) is 0 Å². The van der Waals surface area contributed by atoms with E-state index in [4.69, 9.17) is 5.11 Å². The number of aliphatic carboxylic acids is 1. The van der Waals surface area contributed by atoms with Gasteiger partial charge in [-0.05, 0) is 23.9 Å². The van der Waals surface area contributed by atoms with Gasteiger partial charge >= 0.3 is 5.97 Å². The summed E-state index contributed by atoms with van der Waals surface area (Å²) in [5.74, 6) is -0.919. The van der Waals surface area contributed by atoms with E-state index in [0.29, 0.717) is 6.41 Å². The molecule has 4 nitrogen and oxygen atoms in total. The Hall–Kier alpha value is -1.36. The molecule has 0 fully saturated rings. The quantitative estimate of drug-likeness (QED) is 0.725. The molecule has 1 aromatic heterocycles. The second-order valence-electron chi connectivity index (χ2n) is 2.90. The van der Waals surface area contributed by atoms with E-state index in [1.807, 2.05) is 18.4 Å². The predicted octanol–water partition coefficient (Wildman–Crippen LogP) is 1.32. The van der Waals surface area contributed by atoms with Crippen LogP contribution in [0.4, 0.5) is 0 Å². The molecular formula is C9H11NO3S. The van der Waals surface area contributed by atoms with Gasteiger partial charge in [-0.1, -0.05) is 0 Å². The van der Waals surface area contributed by atoms with Gasteiger partial charge in [0, 0.05) is 4.88 Å². The lowest BCUT2D eigenvalue weighted by Gasteiger charge is -2.12. The molecule has 0 spiro atoms. The number of aryl methyl sites for hydroxylation is 1. The first kappa shape index (κ1) is 10.7. The lowest BCUT2D eigenvalue weighted by atomic mass is 10.1. The monoisotopic (exact) mass is 213 g/mol. The summed E-state index contributed by atoms with van der Waals surface area (Å²) < 4.78 is 0. The van der Waals surface area contributed by atoms with Crippen molar-refractivity contribution in [1.82, 2.24) is 5.32 Å². The van der Waals surface area contributed by atoms with E-state index < -0.39 is 12.0 Å². The minimum atomic E-state index is -0.919. The maximum atomic E-state index is 10.5. The van der Waals surface area contributed by atoms with Crippen LogP contribution >= 0.6 is 11.3 Å². The van der Waals surface area contributed by atoms with Crippen LogP contribution in [0.25, 0.3) is 0 Å². The average molecular weight is 213 g/mol. The van der Waals surface area contributed by atoms with Crippen molar-refractivity contribution in [2.75, 3.05) is 0 Å². The Labute approximate surface area is 85.6 Å².